The highest BCUT2D eigenvalue weighted by Crippen LogP contribution is 2.03. The minimum Gasteiger partial charge on any atom is -0.355 e. The molecule has 4 nitrogen and oxygen atoms in total. The Bertz CT molecular complexity index is 298. The van der Waals surface area contributed by atoms with Gasteiger partial charge in [0.1, 0.15) is 0 Å². The molecule has 1 aromatic rings. The molecule has 4 heteroatoms. The van der Waals surface area contributed by atoms with Crippen LogP contribution in [0.4, 0.5) is 0 Å². The zero-order valence-corrected chi connectivity index (χ0v) is 8.92. The molecule has 2 N–H and O–H groups in total. The molecular formula is C10H17N3O. The predicted octanol–water partition coefficient (Wildman–Crippen LogP) is 0.785. The molecule has 0 atom stereocenters. The molecule has 0 aliphatic heterocycles. The summed E-state index contributed by atoms with van der Waals surface area (Å²) in [7, 11) is 0. The van der Waals surface area contributed by atoms with Crippen LogP contribution in [0, 0.1) is 13.8 Å². The van der Waals surface area contributed by atoms with Crippen LogP contribution >= 0.6 is 0 Å². The van der Waals surface area contributed by atoms with E-state index < -0.39 is 0 Å². The van der Waals surface area contributed by atoms with Crippen molar-refractivity contribution in [1.82, 2.24) is 9.99 Å². The van der Waals surface area contributed by atoms with Gasteiger partial charge in [0.15, 0.2) is 0 Å². The highest BCUT2D eigenvalue weighted by Gasteiger charge is 1.98. The summed E-state index contributed by atoms with van der Waals surface area (Å²) in [5.41, 5.74) is 5.56. The Morgan fingerprint density at radius 1 is 1.29 bits per heavy atom. The van der Waals surface area contributed by atoms with Crippen molar-refractivity contribution in [3.63, 3.8) is 0 Å². The van der Waals surface area contributed by atoms with Gasteiger partial charge in [-0.3, -0.25) is 9.47 Å². The first-order valence-electron chi connectivity index (χ1n) is 4.74. The Hall–Kier alpha value is -1.45. The Morgan fingerprint density at radius 3 is 2.36 bits per heavy atom. The van der Waals surface area contributed by atoms with E-state index in [-0.39, 0.29) is 5.91 Å². The maximum atomic E-state index is 10.6. The minimum absolute atomic E-state index is 0.00718. The van der Waals surface area contributed by atoms with Gasteiger partial charge in [-0.1, -0.05) is 0 Å². The van der Waals surface area contributed by atoms with Crippen molar-refractivity contribution < 1.29 is 4.79 Å². The molecule has 1 rings (SSSR count). The van der Waals surface area contributed by atoms with E-state index >= 15 is 0 Å². The van der Waals surface area contributed by atoms with Crippen LogP contribution in [0.25, 0.3) is 0 Å². The topological polar surface area (TPSA) is 46.1 Å². The first-order valence-corrected chi connectivity index (χ1v) is 4.74. The zero-order chi connectivity index (χ0) is 10.6. The summed E-state index contributed by atoms with van der Waals surface area (Å²) in [6, 6.07) is 4.11. The van der Waals surface area contributed by atoms with Gasteiger partial charge in [-0.2, -0.15) is 0 Å². The molecule has 14 heavy (non-hydrogen) atoms. The molecule has 0 saturated carbocycles. The standard InChI is InChI=1S/C10H17N3O/c1-8-4-5-9(2)13(8)12-7-6-11-10(3)14/h4-5,12H,6-7H2,1-3H3,(H,11,14). The summed E-state index contributed by atoms with van der Waals surface area (Å²) < 4.78 is 2.02. The van der Waals surface area contributed by atoms with Crippen molar-refractivity contribution in [2.45, 2.75) is 20.8 Å². The summed E-state index contributed by atoms with van der Waals surface area (Å²) in [5.74, 6) is 0.00718. The van der Waals surface area contributed by atoms with Crippen LogP contribution in [-0.2, 0) is 4.79 Å². The molecule has 1 amide bonds. The van der Waals surface area contributed by atoms with Crippen molar-refractivity contribution in [3.05, 3.63) is 23.5 Å². The summed E-state index contributed by atoms with van der Waals surface area (Å²) in [6.07, 6.45) is 0. The smallest absolute Gasteiger partial charge is 0.216 e. The lowest BCUT2D eigenvalue weighted by Crippen LogP contribution is -2.30. The number of nitrogens with one attached hydrogen (secondary N) is 2. The van der Waals surface area contributed by atoms with Gasteiger partial charge in [-0.05, 0) is 26.0 Å². The van der Waals surface area contributed by atoms with Gasteiger partial charge < -0.3 is 10.7 Å². The molecule has 78 valence electrons. The summed E-state index contributed by atoms with van der Waals surface area (Å²) in [6.45, 7) is 6.98. The van der Waals surface area contributed by atoms with Crippen molar-refractivity contribution in [1.29, 1.82) is 0 Å². The van der Waals surface area contributed by atoms with E-state index in [1.165, 1.54) is 18.3 Å². The highest BCUT2D eigenvalue weighted by atomic mass is 16.1. The Morgan fingerprint density at radius 2 is 1.86 bits per heavy atom. The van der Waals surface area contributed by atoms with E-state index in [9.17, 15) is 4.79 Å². The Balaban J connectivity index is 2.34. The highest BCUT2D eigenvalue weighted by molar-refractivity contribution is 5.72. The van der Waals surface area contributed by atoms with Crippen molar-refractivity contribution >= 4 is 5.91 Å². The maximum Gasteiger partial charge on any atom is 0.216 e. The summed E-state index contributed by atoms with van der Waals surface area (Å²) in [5, 5.41) is 2.73. The number of hydrogen-bond donors (Lipinski definition) is 2. The van der Waals surface area contributed by atoms with Crippen LogP contribution in [0.1, 0.15) is 18.3 Å². The normalized spacial score (nSPS) is 9.93. The van der Waals surface area contributed by atoms with E-state index in [1.807, 2.05) is 18.5 Å². The second-order valence-corrected chi connectivity index (χ2v) is 3.34. The summed E-state index contributed by atoms with van der Waals surface area (Å²) in [4.78, 5) is 10.6. The first-order chi connectivity index (χ1) is 6.61. The lowest BCUT2D eigenvalue weighted by atomic mass is 10.5. The molecule has 0 spiro atoms. The van der Waals surface area contributed by atoms with Crippen LogP contribution in [0.2, 0.25) is 0 Å². The fraction of sp³-hybridized carbons (Fsp3) is 0.500. The van der Waals surface area contributed by atoms with E-state index in [0.29, 0.717) is 6.54 Å². The molecule has 0 aliphatic carbocycles. The Labute approximate surface area is 84.3 Å². The van der Waals surface area contributed by atoms with Gasteiger partial charge in [0.2, 0.25) is 5.91 Å². The average Bonchev–Trinajstić information content (AvgIpc) is 2.42. The largest absolute Gasteiger partial charge is 0.355 e. The van der Waals surface area contributed by atoms with Gasteiger partial charge in [0.25, 0.3) is 0 Å². The maximum absolute atomic E-state index is 10.6. The first kappa shape index (κ1) is 10.6. The third kappa shape index (κ3) is 2.80. The number of carbonyl (C=O) groups excluding carboxylic acids is 1. The van der Waals surface area contributed by atoms with E-state index in [1.54, 1.807) is 0 Å². The number of aryl methyl sites for hydroxylation is 2. The molecular weight excluding hydrogens is 178 g/mol. The Kier molecular flexibility index (Phi) is 3.56. The predicted molar refractivity (Wildman–Crippen MR) is 56.8 cm³/mol. The number of nitrogens with zero attached hydrogens (tertiary/aromatic N) is 1. The zero-order valence-electron chi connectivity index (χ0n) is 8.92. The molecule has 1 aromatic heterocycles. The van der Waals surface area contributed by atoms with Crippen LogP contribution in [0.15, 0.2) is 12.1 Å². The van der Waals surface area contributed by atoms with E-state index in [0.717, 1.165) is 6.54 Å². The number of carbonyl (C=O) groups is 1. The van der Waals surface area contributed by atoms with Gasteiger partial charge in [-0.15, -0.1) is 0 Å². The van der Waals surface area contributed by atoms with Crippen molar-refractivity contribution in [3.8, 4) is 0 Å². The SMILES string of the molecule is CC(=O)NCCNn1c(C)ccc1C. The third-order valence-corrected chi connectivity index (χ3v) is 2.04. The van der Waals surface area contributed by atoms with Crippen LogP contribution < -0.4 is 10.7 Å². The monoisotopic (exact) mass is 195 g/mol. The molecule has 0 aromatic carbocycles. The quantitative estimate of drug-likeness (QED) is 0.698. The van der Waals surface area contributed by atoms with Crippen LogP contribution in [0.5, 0.6) is 0 Å². The van der Waals surface area contributed by atoms with Gasteiger partial charge >= 0.3 is 0 Å². The fourth-order valence-corrected chi connectivity index (χ4v) is 1.32. The minimum atomic E-state index is 0.00718. The second-order valence-electron chi connectivity index (χ2n) is 3.34. The molecule has 0 unspecified atom stereocenters. The molecule has 0 saturated heterocycles. The van der Waals surface area contributed by atoms with Crippen molar-refractivity contribution in [2.75, 3.05) is 18.5 Å². The van der Waals surface area contributed by atoms with Gasteiger partial charge in [0, 0.05) is 31.4 Å². The number of rotatable bonds is 4. The number of hydrogen-bond acceptors (Lipinski definition) is 2. The van der Waals surface area contributed by atoms with Gasteiger partial charge in [0.05, 0.1) is 0 Å². The van der Waals surface area contributed by atoms with Crippen LogP contribution in [-0.4, -0.2) is 23.7 Å². The molecule has 0 aliphatic rings. The van der Waals surface area contributed by atoms with E-state index in [2.05, 4.69) is 22.9 Å². The molecule has 0 radical (unpaired) electrons. The van der Waals surface area contributed by atoms with Crippen LogP contribution in [0.3, 0.4) is 0 Å². The lowest BCUT2D eigenvalue weighted by molar-refractivity contribution is -0.118. The number of amides is 1. The molecule has 0 bridgehead atoms. The van der Waals surface area contributed by atoms with Crippen molar-refractivity contribution in [2.24, 2.45) is 0 Å². The fourth-order valence-electron chi connectivity index (χ4n) is 1.32. The van der Waals surface area contributed by atoms with E-state index in [4.69, 9.17) is 0 Å². The summed E-state index contributed by atoms with van der Waals surface area (Å²) >= 11 is 0. The second kappa shape index (κ2) is 4.69. The number of aromatic nitrogens is 1. The average molecular weight is 195 g/mol. The third-order valence-electron chi connectivity index (χ3n) is 2.04. The molecule has 0 fully saturated rings. The lowest BCUT2D eigenvalue weighted by Gasteiger charge is -2.12. The molecule has 1 heterocycles. The van der Waals surface area contributed by atoms with Gasteiger partial charge in [-0.25, -0.2) is 0 Å².